The highest BCUT2D eigenvalue weighted by Crippen LogP contribution is 2.31. The van der Waals surface area contributed by atoms with Crippen LogP contribution in [-0.2, 0) is 4.79 Å². The fourth-order valence-electron chi connectivity index (χ4n) is 3.04. The molecular weight excluding hydrogens is 337 g/mol. The van der Waals surface area contributed by atoms with Crippen molar-refractivity contribution in [2.75, 3.05) is 19.6 Å². The summed E-state index contributed by atoms with van der Waals surface area (Å²) in [7, 11) is 0. The summed E-state index contributed by atoms with van der Waals surface area (Å²) in [6, 6.07) is 5.24. The zero-order chi connectivity index (χ0) is 16.7. The van der Waals surface area contributed by atoms with Crippen molar-refractivity contribution in [2.24, 2.45) is 0 Å². The minimum Gasteiger partial charge on any atom is -0.350 e. The Bertz CT molecular complexity index is 787. The lowest BCUT2D eigenvalue weighted by Crippen LogP contribution is -2.55. The minimum atomic E-state index is -0.0940. The first-order chi connectivity index (χ1) is 10.9. The average Bonchev–Trinajstić information content (AvgIpc) is 2.94. The van der Waals surface area contributed by atoms with Crippen LogP contribution in [0.4, 0.5) is 0 Å². The molecule has 1 N–H and O–H groups in total. The highest BCUT2D eigenvalue weighted by atomic mass is 35.5. The monoisotopic (exact) mass is 353 g/mol. The number of benzene rings is 1. The number of carbonyl (C=O) groups is 2. The third kappa shape index (κ3) is 2.91. The van der Waals surface area contributed by atoms with E-state index in [0.29, 0.717) is 35.4 Å². The summed E-state index contributed by atoms with van der Waals surface area (Å²) < 4.78 is 0. The van der Waals surface area contributed by atoms with Crippen LogP contribution >= 0.6 is 23.2 Å². The molecule has 2 aromatic rings. The second kappa shape index (κ2) is 6.06. The van der Waals surface area contributed by atoms with Gasteiger partial charge in [-0.05, 0) is 25.1 Å². The topological polar surface area (TPSA) is 56.4 Å². The summed E-state index contributed by atoms with van der Waals surface area (Å²) in [5.41, 5.74) is 1.26. The number of hydrogen-bond acceptors (Lipinski definition) is 2. The molecule has 1 aromatic carbocycles. The van der Waals surface area contributed by atoms with Gasteiger partial charge in [-0.1, -0.05) is 23.2 Å². The largest absolute Gasteiger partial charge is 0.350 e. The molecule has 0 saturated carbocycles. The van der Waals surface area contributed by atoms with Crippen LogP contribution in [0.1, 0.15) is 24.3 Å². The predicted octanol–water partition coefficient (Wildman–Crippen LogP) is 3.17. The smallest absolute Gasteiger partial charge is 0.270 e. The van der Waals surface area contributed by atoms with Gasteiger partial charge in [-0.25, -0.2) is 0 Å². The molecule has 1 fully saturated rings. The molecule has 0 aliphatic carbocycles. The van der Waals surface area contributed by atoms with Crippen molar-refractivity contribution in [2.45, 2.75) is 19.9 Å². The number of halogens is 2. The molecule has 0 unspecified atom stereocenters. The molecule has 1 aliphatic heterocycles. The number of fused-ring (bicyclic) bond motifs is 1. The lowest BCUT2D eigenvalue weighted by molar-refractivity contribution is -0.132. The first kappa shape index (κ1) is 16.1. The van der Waals surface area contributed by atoms with Crippen molar-refractivity contribution < 1.29 is 9.59 Å². The van der Waals surface area contributed by atoms with Crippen LogP contribution < -0.4 is 0 Å². The molecule has 7 heteroatoms. The number of rotatable bonds is 1. The van der Waals surface area contributed by atoms with E-state index in [0.717, 1.165) is 10.9 Å². The molecule has 1 saturated heterocycles. The molecule has 3 rings (SSSR count). The molecule has 0 radical (unpaired) electrons. The van der Waals surface area contributed by atoms with Gasteiger partial charge in [-0.15, -0.1) is 0 Å². The Morgan fingerprint density at radius 3 is 2.65 bits per heavy atom. The number of carbonyl (C=O) groups excluding carboxylic acids is 2. The second-order valence-corrected chi connectivity index (χ2v) is 6.60. The van der Waals surface area contributed by atoms with Gasteiger partial charge in [0, 0.05) is 43.5 Å². The number of aromatic nitrogens is 1. The number of aromatic amines is 1. The molecule has 0 bridgehead atoms. The van der Waals surface area contributed by atoms with Gasteiger partial charge >= 0.3 is 0 Å². The minimum absolute atomic E-state index is 0.00705. The van der Waals surface area contributed by atoms with E-state index >= 15 is 0 Å². The summed E-state index contributed by atoms with van der Waals surface area (Å²) in [6.45, 7) is 5.09. The number of H-pyrrole nitrogens is 1. The maximum atomic E-state index is 12.7. The zero-order valence-electron chi connectivity index (χ0n) is 12.9. The number of amides is 2. The number of hydrogen-bond donors (Lipinski definition) is 1. The van der Waals surface area contributed by atoms with E-state index in [1.165, 1.54) is 0 Å². The molecule has 1 aromatic heterocycles. The van der Waals surface area contributed by atoms with Gasteiger partial charge in [-0.2, -0.15) is 0 Å². The van der Waals surface area contributed by atoms with Gasteiger partial charge in [0.25, 0.3) is 5.91 Å². The van der Waals surface area contributed by atoms with Gasteiger partial charge in [0.05, 0.1) is 10.0 Å². The molecule has 122 valence electrons. The maximum absolute atomic E-state index is 12.7. The molecular formula is C16H17Cl2N3O2. The van der Waals surface area contributed by atoms with Crippen molar-refractivity contribution in [3.63, 3.8) is 0 Å². The molecule has 1 atom stereocenters. The highest BCUT2D eigenvalue weighted by molar-refractivity contribution is 6.45. The average molecular weight is 354 g/mol. The van der Waals surface area contributed by atoms with Crippen LogP contribution in [0.5, 0.6) is 0 Å². The van der Waals surface area contributed by atoms with Gasteiger partial charge in [0.15, 0.2) is 0 Å². The first-order valence-corrected chi connectivity index (χ1v) is 8.17. The Kier molecular flexibility index (Phi) is 4.25. The molecule has 2 amide bonds. The third-order valence-electron chi connectivity index (χ3n) is 4.24. The van der Waals surface area contributed by atoms with Gasteiger partial charge < -0.3 is 14.8 Å². The van der Waals surface area contributed by atoms with Crippen LogP contribution in [0.15, 0.2) is 18.2 Å². The van der Waals surface area contributed by atoms with E-state index in [1.807, 2.05) is 6.92 Å². The highest BCUT2D eigenvalue weighted by Gasteiger charge is 2.29. The maximum Gasteiger partial charge on any atom is 0.270 e. The summed E-state index contributed by atoms with van der Waals surface area (Å²) in [4.78, 5) is 30.9. The van der Waals surface area contributed by atoms with E-state index in [2.05, 4.69) is 4.98 Å². The van der Waals surface area contributed by atoms with Crippen LogP contribution in [0.3, 0.4) is 0 Å². The van der Waals surface area contributed by atoms with Crippen molar-refractivity contribution in [3.8, 4) is 0 Å². The number of nitrogens with zero attached hydrogens (tertiary/aromatic N) is 2. The van der Waals surface area contributed by atoms with E-state index in [4.69, 9.17) is 23.2 Å². The van der Waals surface area contributed by atoms with E-state index in [-0.39, 0.29) is 17.9 Å². The lowest BCUT2D eigenvalue weighted by atomic mass is 10.1. The third-order valence-corrected chi connectivity index (χ3v) is 5.06. The number of piperazine rings is 1. The van der Waals surface area contributed by atoms with Crippen molar-refractivity contribution in [3.05, 3.63) is 33.9 Å². The van der Waals surface area contributed by atoms with Gasteiger partial charge in [0.1, 0.15) is 5.69 Å². The Morgan fingerprint density at radius 1 is 1.26 bits per heavy atom. The van der Waals surface area contributed by atoms with Crippen molar-refractivity contribution in [1.29, 1.82) is 0 Å². The molecule has 5 nitrogen and oxygen atoms in total. The summed E-state index contributed by atoms with van der Waals surface area (Å²) in [6.07, 6.45) is 0. The summed E-state index contributed by atoms with van der Waals surface area (Å²) in [5.74, 6) is -0.0555. The van der Waals surface area contributed by atoms with E-state index < -0.39 is 0 Å². The van der Waals surface area contributed by atoms with Crippen LogP contribution in [-0.4, -0.2) is 52.3 Å². The van der Waals surface area contributed by atoms with Gasteiger partial charge in [-0.3, -0.25) is 9.59 Å². The molecule has 2 heterocycles. The second-order valence-electron chi connectivity index (χ2n) is 5.82. The standard InChI is InChI=1S/C16H17Cl2N3O2/c1-9-8-20(5-6-21(9)10(2)22)16(23)14-7-11-13(19-14)4-3-12(17)15(11)18/h3-4,7,9,19H,5-6,8H2,1-2H3/t9-/m1/s1. The lowest BCUT2D eigenvalue weighted by Gasteiger charge is -2.39. The van der Waals surface area contributed by atoms with E-state index in [1.54, 1.807) is 34.9 Å². The normalized spacial score (nSPS) is 18.5. The Balaban J connectivity index is 1.84. The number of nitrogens with one attached hydrogen (secondary N) is 1. The van der Waals surface area contributed by atoms with Gasteiger partial charge in [0.2, 0.25) is 5.91 Å². The van der Waals surface area contributed by atoms with Crippen LogP contribution in [0.25, 0.3) is 10.9 Å². The molecule has 23 heavy (non-hydrogen) atoms. The Labute approximate surface area is 144 Å². The summed E-state index contributed by atoms with van der Waals surface area (Å²) in [5, 5.41) is 1.63. The predicted molar refractivity (Wildman–Crippen MR) is 91.1 cm³/mol. The molecule has 1 aliphatic rings. The quantitative estimate of drug-likeness (QED) is 0.855. The summed E-state index contributed by atoms with van der Waals surface area (Å²) >= 11 is 12.2. The Hall–Kier alpha value is -1.72. The SMILES string of the molecule is CC(=O)N1CCN(C(=O)c2cc3c(Cl)c(Cl)ccc3[nH]2)C[C@H]1C. The van der Waals surface area contributed by atoms with Crippen molar-refractivity contribution >= 4 is 45.9 Å². The van der Waals surface area contributed by atoms with Crippen LogP contribution in [0, 0.1) is 0 Å². The van der Waals surface area contributed by atoms with E-state index in [9.17, 15) is 9.59 Å². The first-order valence-electron chi connectivity index (χ1n) is 7.41. The zero-order valence-corrected chi connectivity index (χ0v) is 14.4. The fraction of sp³-hybridized carbons (Fsp3) is 0.375. The van der Waals surface area contributed by atoms with Crippen LogP contribution in [0.2, 0.25) is 10.0 Å². The van der Waals surface area contributed by atoms with Crippen molar-refractivity contribution in [1.82, 2.24) is 14.8 Å². The Morgan fingerprint density at radius 2 is 2.00 bits per heavy atom. The fourth-order valence-corrected chi connectivity index (χ4v) is 3.42. The molecule has 0 spiro atoms.